The average molecular weight is 385 g/mol. The van der Waals surface area contributed by atoms with Crippen molar-refractivity contribution in [2.24, 2.45) is 0 Å². The van der Waals surface area contributed by atoms with Gasteiger partial charge in [0, 0.05) is 39.0 Å². The van der Waals surface area contributed by atoms with Gasteiger partial charge in [-0.05, 0) is 38.2 Å². The molecule has 146 valence electrons. The molecule has 1 heterocycles. The highest BCUT2D eigenvalue weighted by Crippen LogP contribution is 2.20. The summed E-state index contributed by atoms with van der Waals surface area (Å²) >= 11 is 0. The van der Waals surface area contributed by atoms with E-state index in [1.54, 1.807) is 25.3 Å². The molecule has 26 heavy (non-hydrogen) atoms. The Kier molecular flexibility index (Phi) is 7.98. The molecule has 1 aromatic carbocycles. The molecule has 0 radical (unpaired) electrons. The third kappa shape index (κ3) is 6.03. The Morgan fingerprint density at radius 2 is 2.04 bits per heavy atom. The topological polar surface area (TPSA) is 91.0 Å². The molecule has 9 heteroatoms. The summed E-state index contributed by atoms with van der Waals surface area (Å²) in [7, 11) is 0.0181. The molecule has 0 aromatic heterocycles. The molecule has 0 unspecified atom stereocenters. The van der Waals surface area contributed by atoms with Gasteiger partial charge in [-0.2, -0.15) is 4.31 Å². The van der Waals surface area contributed by atoms with Crippen LogP contribution >= 0.6 is 0 Å². The van der Waals surface area contributed by atoms with E-state index >= 15 is 0 Å². The zero-order valence-corrected chi connectivity index (χ0v) is 16.2. The third-order valence-corrected chi connectivity index (χ3v) is 6.10. The predicted octanol–water partition coefficient (Wildman–Crippen LogP) is 0.187. The Balaban J connectivity index is 2.02. The number of sulfonamides is 1. The van der Waals surface area contributed by atoms with Crippen LogP contribution in [-0.2, 0) is 19.6 Å². The van der Waals surface area contributed by atoms with Gasteiger partial charge in [-0.15, -0.1) is 0 Å². The predicted molar refractivity (Wildman–Crippen MR) is 101 cm³/mol. The van der Waals surface area contributed by atoms with Crippen LogP contribution in [0.2, 0.25) is 0 Å². The lowest BCUT2D eigenvalue weighted by Gasteiger charge is -2.20. The molecular formula is C17H28N4O4S. The van der Waals surface area contributed by atoms with Crippen LogP contribution < -0.4 is 10.6 Å². The fourth-order valence-corrected chi connectivity index (χ4v) is 4.24. The van der Waals surface area contributed by atoms with E-state index in [4.69, 9.17) is 4.74 Å². The lowest BCUT2D eigenvalue weighted by molar-refractivity contribution is -0.115. The largest absolute Gasteiger partial charge is 0.383 e. The first kappa shape index (κ1) is 20.8. The van der Waals surface area contributed by atoms with Crippen LogP contribution in [0, 0.1) is 0 Å². The number of hydrogen-bond acceptors (Lipinski definition) is 6. The van der Waals surface area contributed by atoms with Gasteiger partial charge in [0.05, 0.1) is 18.0 Å². The Morgan fingerprint density at radius 1 is 1.23 bits per heavy atom. The van der Waals surface area contributed by atoms with Crippen molar-refractivity contribution in [1.82, 2.24) is 14.5 Å². The number of methoxy groups -OCH3 is 1. The molecular weight excluding hydrogens is 356 g/mol. The summed E-state index contributed by atoms with van der Waals surface area (Å²) in [6.07, 6.45) is 0.805. The smallest absolute Gasteiger partial charge is 0.243 e. The monoisotopic (exact) mass is 384 g/mol. The van der Waals surface area contributed by atoms with Crippen LogP contribution in [-0.4, -0.2) is 83.6 Å². The van der Waals surface area contributed by atoms with E-state index in [9.17, 15) is 13.2 Å². The van der Waals surface area contributed by atoms with Crippen LogP contribution in [0.25, 0.3) is 0 Å². The van der Waals surface area contributed by atoms with Crippen molar-refractivity contribution in [1.29, 1.82) is 0 Å². The fourth-order valence-electron chi connectivity index (χ4n) is 2.73. The lowest BCUT2D eigenvalue weighted by atomic mass is 10.3. The van der Waals surface area contributed by atoms with Crippen molar-refractivity contribution >= 4 is 21.6 Å². The van der Waals surface area contributed by atoms with Crippen molar-refractivity contribution < 1.29 is 17.9 Å². The number of benzene rings is 1. The van der Waals surface area contributed by atoms with Gasteiger partial charge < -0.3 is 20.3 Å². The Labute approximate surface area is 155 Å². The zero-order chi connectivity index (χ0) is 19.0. The molecule has 1 amide bonds. The van der Waals surface area contributed by atoms with Crippen LogP contribution in [0.5, 0.6) is 0 Å². The fraction of sp³-hybridized carbons (Fsp3) is 0.588. The normalized spacial score (nSPS) is 17.0. The zero-order valence-electron chi connectivity index (χ0n) is 15.4. The molecule has 0 saturated carbocycles. The minimum atomic E-state index is -3.57. The second-order valence-corrected chi connectivity index (χ2v) is 8.24. The molecule has 0 spiro atoms. The number of rotatable bonds is 8. The summed E-state index contributed by atoms with van der Waals surface area (Å²) in [6, 6.07) is 6.40. The number of carbonyl (C=O) groups is 1. The Morgan fingerprint density at radius 3 is 2.81 bits per heavy atom. The minimum absolute atomic E-state index is 0.138. The maximum atomic E-state index is 12.9. The van der Waals surface area contributed by atoms with Crippen LogP contribution in [0.3, 0.4) is 0 Å². The van der Waals surface area contributed by atoms with Crippen molar-refractivity contribution in [3.05, 3.63) is 24.3 Å². The standard InChI is InChI=1S/C17H28N4O4S/c1-20-8-4-9-21(11-10-20)26(23,24)16-6-3-5-15(13-16)19-17(22)14-18-7-12-25-2/h3,5-6,13,18H,4,7-12,14H2,1-2H3,(H,19,22). The molecule has 1 fully saturated rings. The average Bonchev–Trinajstić information content (AvgIpc) is 2.84. The molecule has 1 saturated heterocycles. The molecule has 0 aliphatic carbocycles. The summed E-state index contributed by atoms with van der Waals surface area (Å²) in [5.41, 5.74) is 0.469. The number of hydrogen-bond donors (Lipinski definition) is 2. The van der Waals surface area contributed by atoms with E-state index in [-0.39, 0.29) is 17.3 Å². The molecule has 1 aromatic rings. The van der Waals surface area contributed by atoms with Gasteiger partial charge in [-0.25, -0.2) is 8.42 Å². The SMILES string of the molecule is COCCNCC(=O)Nc1cccc(S(=O)(=O)N2CCCN(C)CC2)c1. The summed E-state index contributed by atoms with van der Waals surface area (Å²) in [5, 5.41) is 5.67. The number of carbonyl (C=O) groups excluding carboxylic acids is 1. The molecule has 2 N–H and O–H groups in total. The van der Waals surface area contributed by atoms with Gasteiger partial charge in [0.1, 0.15) is 0 Å². The van der Waals surface area contributed by atoms with E-state index in [2.05, 4.69) is 15.5 Å². The molecule has 1 aliphatic rings. The number of anilines is 1. The first-order valence-electron chi connectivity index (χ1n) is 8.72. The number of ether oxygens (including phenoxy) is 1. The minimum Gasteiger partial charge on any atom is -0.383 e. The molecule has 8 nitrogen and oxygen atoms in total. The number of likely N-dealkylation sites (N-methyl/N-ethyl adjacent to an activating group) is 1. The van der Waals surface area contributed by atoms with Gasteiger partial charge in [-0.3, -0.25) is 4.79 Å². The number of nitrogens with zero attached hydrogens (tertiary/aromatic N) is 2. The maximum Gasteiger partial charge on any atom is 0.243 e. The summed E-state index contributed by atoms with van der Waals surface area (Å²) in [6.45, 7) is 3.80. The quantitative estimate of drug-likeness (QED) is 0.622. The first-order valence-corrected chi connectivity index (χ1v) is 10.2. The van der Waals surface area contributed by atoms with E-state index in [1.807, 2.05) is 7.05 Å². The van der Waals surface area contributed by atoms with Crippen LogP contribution in [0.1, 0.15) is 6.42 Å². The summed E-state index contributed by atoms with van der Waals surface area (Å²) in [4.78, 5) is 14.3. The van der Waals surface area contributed by atoms with Gasteiger partial charge in [0.25, 0.3) is 0 Å². The van der Waals surface area contributed by atoms with Crippen molar-refractivity contribution in [2.75, 3.05) is 65.3 Å². The Hall–Kier alpha value is -1.52. The molecule has 1 aliphatic heterocycles. The van der Waals surface area contributed by atoms with Crippen LogP contribution in [0.15, 0.2) is 29.2 Å². The van der Waals surface area contributed by atoms with E-state index in [1.165, 1.54) is 10.4 Å². The summed E-state index contributed by atoms with van der Waals surface area (Å²) < 4.78 is 32.2. The number of nitrogens with one attached hydrogen (secondary N) is 2. The molecule has 0 atom stereocenters. The van der Waals surface area contributed by atoms with Crippen molar-refractivity contribution in [3.8, 4) is 0 Å². The van der Waals surface area contributed by atoms with Gasteiger partial charge in [-0.1, -0.05) is 6.07 Å². The van der Waals surface area contributed by atoms with Crippen molar-refractivity contribution in [3.63, 3.8) is 0 Å². The maximum absolute atomic E-state index is 12.9. The van der Waals surface area contributed by atoms with E-state index in [0.717, 1.165) is 13.0 Å². The second kappa shape index (κ2) is 9.98. The van der Waals surface area contributed by atoms with Crippen molar-refractivity contribution in [2.45, 2.75) is 11.3 Å². The van der Waals surface area contributed by atoms with E-state index in [0.29, 0.717) is 38.5 Å². The van der Waals surface area contributed by atoms with Crippen LogP contribution in [0.4, 0.5) is 5.69 Å². The molecule has 0 bridgehead atoms. The highest BCUT2D eigenvalue weighted by atomic mass is 32.2. The lowest BCUT2D eigenvalue weighted by Crippen LogP contribution is -2.34. The highest BCUT2D eigenvalue weighted by Gasteiger charge is 2.26. The first-order chi connectivity index (χ1) is 12.4. The Bertz CT molecular complexity index is 696. The molecule has 2 rings (SSSR count). The second-order valence-electron chi connectivity index (χ2n) is 6.31. The third-order valence-electron chi connectivity index (χ3n) is 4.20. The highest BCUT2D eigenvalue weighted by molar-refractivity contribution is 7.89. The van der Waals surface area contributed by atoms with Gasteiger partial charge in [0.2, 0.25) is 15.9 Å². The van der Waals surface area contributed by atoms with E-state index < -0.39 is 10.0 Å². The van der Waals surface area contributed by atoms with Gasteiger partial charge in [0.15, 0.2) is 0 Å². The number of amides is 1. The van der Waals surface area contributed by atoms with Gasteiger partial charge >= 0.3 is 0 Å². The summed E-state index contributed by atoms with van der Waals surface area (Å²) in [5.74, 6) is -0.230.